The number of benzene rings is 4. The third kappa shape index (κ3) is 2.95. The highest BCUT2D eigenvalue weighted by Gasteiger charge is 2.26. The number of aromatic nitrogens is 3. The molecule has 8 rings (SSSR count). The van der Waals surface area contributed by atoms with Gasteiger partial charge >= 0.3 is 0 Å². The van der Waals surface area contributed by atoms with Crippen LogP contribution < -0.4 is 0 Å². The second-order valence-corrected chi connectivity index (χ2v) is 9.49. The minimum atomic E-state index is 0.901. The van der Waals surface area contributed by atoms with E-state index in [9.17, 15) is 0 Å². The average molecular weight is 472 g/mol. The Hall–Kier alpha value is -5.02. The maximum atomic E-state index is 5.38. The standard InChI is InChI=1S/C34H21N3/c1-2-10-23(11-3-1)32-33(28-20-25-15-8-13-22-14-9-17-27(28)31(22)25)36-37-30(29-18-6-7-19-35-29)21-24-12-4-5-16-26(24)34(32)37/h1-21H. The fourth-order valence-electron chi connectivity index (χ4n) is 5.80. The van der Waals surface area contributed by atoms with Gasteiger partial charge in [-0.3, -0.25) is 4.98 Å². The fourth-order valence-corrected chi connectivity index (χ4v) is 5.80. The molecule has 37 heavy (non-hydrogen) atoms. The molecule has 0 bridgehead atoms. The van der Waals surface area contributed by atoms with Crippen molar-refractivity contribution in [3.05, 3.63) is 138 Å². The van der Waals surface area contributed by atoms with Gasteiger partial charge in [-0.15, -0.1) is 0 Å². The predicted octanol–water partition coefficient (Wildman–Crippen LogP) is 8.27. The van der Waals surface area contributed by atoms with Crippen LogP contribution in [0.4, 0.5) is 0 Å². The number of nitrogens with zero attached hydrogens (tertiary/aromatic N) is 3. The SMILES string of the molecule is C1=C(c2nn3c(-c4ccccn4)cc4ccccc4c3c2-c2ccccc2)c2cccc3cccc1c23. The van der Waals surface area contributed by atoms with Gasteiger partial charge in [0.1, 0.15) is 5.69 Å². The van der Waals surface area contributed by atoms with Gasteiger partial charge in [0.25, 0.3) is 0 Å². The van der Waals surface area contributed by atoms with E-state index in [1.54, 1.807) is 0 Å². The molecule has 3 heterocycles. The van der Waals surface area contributed by atoms with Crippen molar-refractivity contribution in [2.45, 2.75) is 0 Å². The van der Waals surface area contributed by atoms with Crippen molar-refractivity contribution < 1.29 is 0 Å². The van der Waals surface area contributed by atoms with Crippen LogP contribution in [0.3, 0.4) is 0 Å². The van der Waals surface area contributed by atoms with Crippen molar-refractivity contribution in [3.8, 4) is 22.5 Å². The van der Waals surface area contributed by atoms with Gasteiger partial charge < -0.3 is 0 Å². The van der Waals surface area contributed by atoms with Gasteiger partial charge in [0.15, 0.2) is 0 Å². The lowest BCUT2D eigenvalue weighted by Gasteiger charge is -2.10. The minimum absolute atomic E-state index is 0.901. The van der Waals surface area contributed by atoms with E-state index in [2.05, 4.69) is 114 Å². The summed E-state index contributed by atoms with van der Waals surface area (Å²) >= 11 is 0. The zero-order chi connectivity index (χ0) is 24.3. The quantitative estimate of drug-likeness (QED) is 0.260. The van der Waals surface area contributed by atoms with Gasteiger partial charge in [-0.1, -0.05) is 97.1 Å². The lowest BCUT2D eigenvalue weighted by molar-refractivity contribution is 0.958. The second kappa shape index (κ2) is 7.74. The third-order valence-corrected chi connectivity index (χ3v) is 7.39. The van der Waals surface area contributed by atoms with Crippen molar-refractivity contribution in [1.29, 1.82) is 0 Å². The fraction of sp³-hybridized carbons (Fsp3) is 0. The maximum absolute atomic E-state index is 5.38. The van der Waals surface area contributed by atoms with E-state index in [0.717, 1.165) is 39.3 Å². The highest BCUT2D eigenvalue weighted by molar-refractivity contribution is 6.16. The summed E-state index contributed by atoms with van der Waals surface area (Å²) in [5.74, 6) is 0. The summed E-state index contributed by atoms with van der Waals surface area (Å²) in [6.45, 7) is 0. The molecule has 1 aliphatic carbocycles. The largest absolute Gasteiger partial charge is 0.255 e. The van der Waals surface area contributed by atoms with Gasteiger partial charge in [-0.25, -0.2) is 4.52 Å². The summed E-state index contributed by atoms with van der Waals surface area (Å²) in [5.41, 5.74) is 9.90. The molecule has 0 amide bonds. The minimum Gasteiger partial charge on any atom is -0.255 e. The van der Waals surface area contributed by atoms with Crippen LogP contribution in [-0.4, -0.2) is 14.6 Å². The summed E-state index contributed by atoms with van der Waals surface area (Å²) in [6.07, 6.45) is 4.14. The van der Waals surface area contributed by atoms with Gasteiger partial charge in [0, 0.05) is 22.7 Å². The zero-order valence-corrected chi connectivity index (χ0v) is 20.0. The van der Waals surface area contributed by atoms with E-state index in [1.165, 1.54) is 32.7 Å². The topological polar surface area (TPSA) is 30.2 Å². The lowest BCUT2D eigenvalue weighted by Crippen LogP contribution is -1.97. The van der Waals surface area contributed by atoms with E-state index >= 15 is 0 Å². The predicted molar refractivity (Wildman–Crippen MR) is 152 cm³/mol. The van der Waals surface area contributed by atoms with Crippen LogP contribution >= 0.6 is 0 Å². The first kappa shape index (κ1) is 20.2. The van der Waals surface area contributed by atoms with Crippen LogP contribution in [-0.2, 0) is 0 Å². The molecular weight excluding hydrogens is 450 g/mol. The van der Waals surface area contributed by atoms with E-state index in [-0.39, 0.29) is 0 Å². The van der Waals surface area contributed by atoms with Crippen LogP contribution in [0.25, 0.3) is 61.2 Å². The molecule has 7 aromatic rings. The van der Waals surface area contributed by atoms with Crippen molar-refractivity contribution in [2.75, 3.05) is 0 Å². The first-order chi connectivity index (χ1) is 18.4. The van der Waals surface area contributed by atoms with Crippen molar-refractivity contribution in [2.24, 2.45) is 0 Å². The average Bonchev–Trinajstić information content (AvgIpc) is 3.54. The molecule has 0 saturated carbocycles. The third-order valence-electron chi connectivity index (χ3n) is 7.39. The Morgan fingerprint density at radius 3 is 2.30 bits per heavy atom. The first-order valence-electron chi connectivity index (χ1n) is 12.5. The Labute approximate surface area is 214 Å². The molecule has 4 aromatic carbocycles. The van der Waals surface area contributed by atoms with Crippen molar-refractivity contribution >= 4 is 38.7 Å². The molecule has 0 unspecified atom stereocenters. The molecule has 0 fully saturated rings. The second-order valence-electron chi connectivity index (χ2n) is 9.49. The molecule has 0 aliphatic heterocycles. The first-order valence-corrected chi connectivity index (χ1v) is 12.5. The molecule has 172 valence electrons. The van der Waals surface area contributed by atoms with Crippen LogP contribution in [0.5, 0.6) is 0 Å². The van der Waals surface area contributed by atoms with Crippen LogP contribution in [0.15, 0.2) is 121 Å². The molecule has 0 radical (unpaired) electrons. The van der Waals surface area contributed by atoms with E-state index in [0.29, 0.717) is 0 Å². The molecule has 0 spiro atoms. The number of hydrogen-bond donors (Lipinski definition) is 0. The summed E-state index contributed by atoms with van der Waals surface area (Å²) in [4.78, 5) is 4.70. The Kier molecular flexibility index (Phi) is 4.23. The monoisotopic (exact) mass is 471 g/mol. The number of hydrogen-bond acceptors (Lipinski definition) is 2. The molecule has 3 nitrogen and oxygen atoms in total. The Morgan fingerprint density at radius 1 is 0.649 bits per heavy atom. The highest BCUT2D eigenvalue weighted by Crippen LogP contribution is 2.45. The van der Waals surface area contributed by atoms with Gasteiger partial charge in [-0.2, -0.15) is 5.10 Å². The molecule has 3 aromatic heterocycles. The molecule has 1 aliphatic rings. The van der Waals surface area contributed by atoms with Crippen LogP contribution in [0.2, 0.25) is 0 Å². The molecule has 3 heteroatoms. The highest BCUT2D eigenvalue weighted by atomic mass is 15.2. The molecule has 0 N–H and O–H groups in total. The molecule has 0 atom stereocenters. The van der Waals surface area contributed by atoms with Crippen LogP contribution in [0, 0.1) is 0 Å². The molecular formula is C34H21N3. The number of rotatable bonds is 3. The van der Waals surface area contributed by atoms with E-state index in [1.807, 2.05) is 18.3 Å². The normalized spacial score (nSPS) is 12.5. The Bertz CT molecular complexity index is 2010. The zero-order valence-electron chi connectivity index (χ0n) is 20.0. The van der Waals surface area contributed by atoms with Gasteiger partial charge in [0.05, 0.1) is 16.9 Å². The lowest BCUT2D eigenvalue weighted by atomic mass is 9.94. The van der Waals surface area contributed by atoms with Gasteiger partial charge in [0.2, 0.25) is 0 Å². The van der Waals surface area contributed by atoms with E-state index in [4.69, 9.17) is 10.1 Å². The summed E-state index contributed by atoms with van der Waals surface area (Å²) in [6, 6.07) is 40.5. The summed E-state index contributed by atoms with van der Waals surface area (Å²) < 4.78 is 2.10. The summed E-state index contributed by atoms with van der Waals surface area (Å²) in [7, 11) is 0. The van der Waals surface area contributed by atoms with Crippen molar-refractivity contribution in [3.63, 3.8) is 0 Å². The Balaban J connectivity index is 1.55. The smallest absolute Gasteiger partial charge is 0.102 e. The maximum Gasteiger partial charge on any atom is 0.102 e. The Morgan fingerprint density at radius 2 is 1.43 bits per heavy atom. The summed E-state index contributed by atoms with van der Waals surface area (Å²) in [5, 5.41) is 10.3. The molecule has 0 saturated heterocycles. The van der Waals surface area contributed by atoms with Crippen molar-refractivity contribution in [1.82, 2.24) is 14.6 Å². The van der Waals surface area contributed by atoms with Gasteiger partial charge in [-0.05, 0) is 57.1 Å². The number of pyridine rings is 2. The van der Waals surface area contributed by atoms with Crippen LogP contribution in [0.1, 0.15) is 16.8 Å². The number of fused-ring (bicyclic) bond motifs is 3. The van der Waals surface area contributed by atoms with E-state index < -0.39 is 0 Å².